The van der Waals surface area contributed by atoms with E-state index in [4.69, 9.17) is 5.11 Å². The molecular weight excluding hydrogens is 277 g/mol. The highest BCUT2D eigenvalue weighted by Gasteiger charge is 2.53. The number of hydrogen-bond donors (Lipinski definition) is 1. The number of likely N-dealkylation sites (N-methyl/N-ethyl adjacent to an activating group) is 1. The van der Waals surface area contributed by atoms with Crippen LogP contribution in [0.3, 0.4) is 0 Å². The third kappa shape index (κ3) is 3.84. The van der Waals surface area contributed by atoms with E-state index in [1.807, 2.05) is 13.8 Å². The van der Waals surface area contributed by atoms with Crippen LogP contribution < -0.4 is 0 Å². The fourth-order valence-electron chi connectivity index (χ4n) is 2.33. The van der Waals surface area contributed by atoms with Crippen molar-refractivity contribution >= 4 is 11.9 Å². The predicted octanol–water partition coefficient (Wildman–Crippen LogP) is 1.05. The maximum Gasteiger partial charge on any atom is 0.394 e. The van der Waals surface area contributed by atoms with E-state index < -0.39 is 36.4 Å². The molecule has 1 aliphatic rings. The van der Waals surface area contributed by atoms with Gasteiger partial charge in [-0.05, 0) is 13.1 Å². The van der Waals surface area contributed by atoms with Crippen molar-refractivity contribution < 1.29 is 27.9 Å². The third-order valence-corrected chi connectivity index (χ3v) is 3.66. The first-order chi connectivity index (χ1) is 9.20. The molecule has 1 amide bonds. The van der Waals surface area contributed by atoms with Crippen LogP contribution >= 0.6 is 0 Å². The number of rotatable bonds is 5. The molecule has 0 saturated carbocycles. The van der Waals surface area contributed by atoms with Gasteiger partial charge < -0.3 is 10.0 Å². The maximum atomic E-state index is 12.8. The molecule has 0 unspecified atom stereocenters. The Morgan fingerprint density at radius 1 is 1.25 bits per heavy atom. The monoisotopic (exact) mass is 296 g/mol. The summed E-state index contributed by atoms with van der Waals surface area (Å²) in [4.78, 5) is 25.6. The van der Waals surface area contributed by atoms with E-state index in [2.05, 4.69) is 0 Å². The van der Waals surface area contributed by atoms with Gasteiger partial charge in [-0.25, -0.2) is 0 Å². The molecule has 1 fully saturated rings. The van der Waals surface area contributed by atoms with Crippen LogP contribution in [0.25, 0.3) is 0 Å². The highest BCUT2D eigenvalue weighted by Crippen LogP contribution is 2.37. The summed E-state index contributed by atoms with van der Waals surface area (Å²) in [5, 5.41) is 8.87. The van der Waals surface area contributed by atoms with Gasteiger partial charge in [0, 0.05) is 13.1 Å². The fourth-order valence-corrected chi connectivity index (χ4v) is 2.33. The van der Waals surface area contributed by atoms with Gasteiger partial charge in [0.25, 0.3) is 0 Å². The number of likely N-dealkylation sites (tertiary alicyclic amines) is 1. The highest BCUT2D eigenvalue weighted by molar-refractivity contribution is 5.80. The lowest BCUT2D eigenvalue weighted by Crippen LogP contribution is -2.40. The molecule has 5 nitrogen and oxygen atoms in total. The van der Waals surface area contributed by atoms with Crippen molar-refractivity contribution in [3.8, 4) is 0 Å². The third-order valence-electron chi connectivity index (χ3n) is 3.66. The number of alkyl halides is 3. The van der Waals surface area contributed by atoms with Gasteiger partial charge >= 0.3 is 12.1 Å². The second-order valence-electron chi connectivity index (χ2n) is 4.85. The van der Waals surface area contributed by atoms with Crippen molar-refractivity contribution in [3.05, 3.63) is 0 Å². The summed E-state index contributed by atoms with van der Waals surface area (Å²) in [7, 11) is 0. The highest BCUT2D eigenvalue weighted by atomic mass is 19.4. The quantitative estimate of drug-likeness (QED) is 0.824. The van der Waals surface area contributed by atoms with Crippen LogP contribution in [0.2, 0.25) is 0 Å². The predicted molar refractivity (Wildman–Crippen MR) is 65.0 cm³/mol. The Labute approximate surface area is 115 Å². The van der Waals surface area contributed by atoms with Crippen molar-refractivity contribution in [2.75, 3.05) is 32.7 Å². The number of aliphatic carboxylic acids is 1. The minimum atomic E-state index is -4.60. The van der Waals surface area contributed by atoms with Crippen LogP contribution in [-0.2, 0) is 9.59 Å². The first kappa shape index (κ1) is 16.7. The Kier molecular flexibility index (Phi) is 5.38. The average molecular weight is 296 g/mol. The zero-order chi connectivity index (χ0) is 15.5. The lowest BCUT2D eigenvalue weighted by Gasteiger charge is -2.22. The van der Waals surface area contributed by atoms with Gasteiger partial charge in [0.2, 0.25) is 5.91 Å². The molecule has 0 spiro atoms. The van der Waals surface area contributed by atoms with Gasteiger partial charge in [0.05, 0.1) is 18.4 Å². The van der Waals surface area contributed by atoms with Crippen LogP contribution in [0.1, 0.15) is 13.8 Å². The standard InChI is InChI=1S/C12H19F3N2O3/c1-3-16(4-2)7-10(18)17-5-8(11(19)20)9(6-17)12(13,14)15/h8-9H,3-7H2,1-2H3,(H,19,20)/t8-,9-/m1/s1. The normalized spacial score (nSPS) is 23.4. The molecule has 1 saturated heterocycles. The van der Waals surface area contributed by atoms with Crippen molar-refractivity contribution in [2.45, 2.75) is 20.0 Å². The molecule has 1 rings (SSSR count). The number of nitrogens with zero attached hydrogens (tertiary/aromatic N) is 2. The lowest BCUT2D eigenvalue weighted by atomic mass is 9.96. The van der Waals surface area contributed by atoms with Gasteiger partial charge in [-0.3, -0.25) is 14.5 Å². The Balaban J connectivity index is 2.75. The Hall–Kier alpha value is -1.31. The smallest absolute Gasteiger partial charge is 0.394 e. The minimum Gasteiger partial charge on any atom is -0.481 e. The van der Waals surface area contributed by atoms with Crippen LogP contribution in [0.15, 0.2) is 0 Å². The number of hydrogen-bond acceptors (Lipinski definition) is 3. The Morgan fingerprint density at radius 3 is 2.15 bits per heavy atom. The van der Waals surface area contributed by atoms with E-state index in [0.717, 1.165) is 4.90 Å². The summed E-state index contributed by atoms with van der Waals surface area (Å²) < 4.78 is 38.4. The van der Waals surface area contributed by atoms with Gasteiger partial charge in [-0.1, -0.05) is 13.8 Å². The number of carbonyl (C=O) groups is 2. The van der Waals surface area contributed by atoms with Gasteiger partial charge in [0.15, 0.2) is 0 Å². The van der Waals surface area contributed by atoms with E-state index in [1.54, 1.807) is 4.90 Å². The van der Waals surface area contributed by atoms with E-state index in [0.29, 0.717) is 13.1 Å². The molecular formula is C12H19F3N2O3. The molecule has 1 aliphatic heterocycles. The number of carbonyl (C=O) groups excluding carboxylic acids is 1. The van der Waals surface area contributed by atoms with Crippen LogP contribution in [0.4, 0.5) is 13.2 Å². The SMILES string of the molecule is CCN(CC)CC(=O)N1C[C@@H](C(F)(F)F)[C@H](C(=O)O)C1. The molecule has 0 aromatic heterocycles. The molecule has 8 heteroatoms. The Bertz CT molecular complexity index is 369. The second kappa shape index (κ2) is 6.43. The number of carboxylic acids is 1. The van der Waals surface area contributed by atoms with Crippen LogP contribution in [0, 0.1) is 11.8 Å². The first-order valence-electron chi connectivity index (χ1n) is 6.50. The van der Waals surface area contributed by atoms with Crippen molar-refractivity contribution in [1.82, 2.24) is 9.80 Å². The zero-order valence-corrected chi connectivity index (χ0v) is 11.5. The van der Waals surface area contributed by atoms with Gasteiger partial charge in [0.1, 0.15) is 0 Å². The van der Waals surface area contributed by atoms with Gasteiger partial charge in [-0.15, -0.1) is 0 Å². The second-order valence-corrected chi connectivity index (χ2v) is 4.85. The van der Waals surface area contributed by atoms with E-state index in [1.165, 1.54) is 0 Å². The summed E-state index contributed by atoms with van der Waals surface area (Å²) in [5.74, 6) is -5.52. The molecule has 1 heterocycles. The summed E-state index contributed by atoms with van der Waals surface area (Å²) in [6.07, 6.45) is -4.60. The van der Waals surface area contributed by atoms with Crippen LogP contribution in [-0.4, -0.2) is 65.7 Å². The average Bonchev–Trinajstić information content (AvgIpc) is 2.80. The molecule has 0 bridgehead atoms. The topological polar surface area (TPSA) is 60.9 Å². The molecule has 2 atom stereocenters. The summed E-state index contributed by atoms with van der Waals surface area (Å²) in [6.45, 7) is 3.99. The molecule has 20 heavy (non-hydrogen) atoms. The maximum absolute atomic E-state index is 12.8. The van der Waals surface area contributed by atoms with Crippen molar-refractivity contribution in [2.24, 2.45) is 11.8 Å². The molecule has 0 aromatic rings. The van der Waals surface area contributed by atoms with Crippen molar-refractivity contribution in [3.63, 3.8) is 0 Å². The first-order valence-corrected chi connectivity index (χ1v) is 6.50. The lowest BCUT2D eigenvalue weighted by molar-refractivity contribution is -0.188. The van der Waals surface area contributed by atoms with Crippen molar-refractivity contribution in [1.29, 1.82) is 0 Å². The molecule has 0 aromatic carbocycles. The van der Waals surface area contributed by atoms with E-state index in [9.17, 15) is 22.8 Å². The number of halogens is 3. The molecule has 0 radical (unpaired) electrons. The Morgan fingerprint density at radius 2 is 1.80 bits per heavy atom. The molecule has 116 valence electrons. The number of amides is 1. The van der Waals surface area contributed by atoms with E-state index >= 15 is 0 Å². The molecule has 1 N–H and O–H groups in total. The fraction of sp³-hybridized carbons (Fsp3) is 0.833. The summed E-state index contributed by atoms with van der Waals surface area (Å²) in [6, 6.07) is 0. The summed E-state index contributed by atoms with van der Waals surface area (Å²) in [5.41, 5.74) is 0. The largest absolute Gasteiger partial charge is 0.481 e. The molecule has 0 aliphatic carbocycles. The van der Waals surface area contributed by atoms with Crippen LogP contribution in [0.5, 0.6) is 0 Å². The summed E-state index contributed by atoms with van der Waals surface area (Å²) >= 11 is 0. The van der Waals surface area contributed by atoms with E-state index in [-0.39, 0.29) is 13.1 Å². The minimum absolute atomic E-state index is 0.0178. The number of carboxylic acid groups (broad SMARTS) is 1. The van der Waals surface area contributed by atoms with Gasteiger partial charge in [-0.2, -0.15) is 13.2 Å². The zero-order valence-electron chi connectivity index (χ0n) is 11.5.